The highest BCUT2D eigenvalue weighted by Crippen LogP contribution is 2.17. The van der Waals surface area contributed by atoms with Gasteiger partial charge in [-0.3, -0.25) is 9.78 Å². The number of hydrogen-bond acceptors (Lipinski definition) is 3. The number of rotatable bonds is 8. The Morgan fingerprint density at radius 3 is 2.89 bits per heavy atom. The van der Waals surface area contributed by atoms with Gasteiger partial charge in [-0.25, -0.2) is 0 Å². The molecule has 0 spiro atoms. The van der Waals surface area contributed by atoms with Crippen LogP contribution in [-0.2, 0) is 4.79 Å². The van der Waals surface area contributed by atoms with Crippen molar-refractivity contribution in [2.24, 2.45) is 11.7 Å². The number of anilines is 1. The van der Waals surface area contributed by atoms with Gasteiger partial charge in [0.25, 0.3) is 0 Å². The molecule has 4 heteroatoms. The van der Waals surface area contributed by atoms with Crippen LogP contribution < -0.4 is 11.1 Å². The summed E-state index contributed by atoms with van der Waals surface area (Å²) in [5, 5.41) is 2.85. The van der Waals surface area contributed by atoms with Crippen LogP contribution in [0.25, 0.3) is 0 Å². The zero-order valence-electron chi connectivity index (χ0n) is 11.1. The van der Waals surface area contributed by atoms with E-state index in [1.807, 2.05) is 12.1 Å². The van der Waals surface area contributed by atoms with Gasteiger partial charge in [-0.1, -0.05) is 19.8 Å². The number of nitrogens with two attached hydrogens (primary N) is 1. The van der Waals surface area contributed by atoms with Crippen LogP contribution in [0.2, 0.25) is 0 Å². The first-order valence-electron chi connectivity index (χ1n) is 6.66. The minimum atomic E-state index is 0.0566. The fraction of sp³-hybridized carbons (Fsp3) is 0.571. The van der Waals surface area contributed by atoms with Crippen molar-refractivity contribution in [1.29, 1.82) is 0 Å². The topological polar surface area (TPSA) is 68.0 Å². The molecule has 0 saturated heterocycles. The summed E-state index contributed by atoms with van der Waals surface area (Å²) in [6.45, 7) is 2.87. The number of nitrogens with one attached hydrogen (secondary N) is 1. The van der Waals surface area contributed by atoms with Gasteiger partial charge in [-0.2, -0.15) is 0 Å². The van der Waals surface area contributed by atoms with E-state index in [0.717, 1.165) is 31.4 Å². The molecule has 0 bridgehead atoms. The molecule has 3 N–H and O–H groups in total. The molecule has 18 heavy (non-hydrogen) atoms. The number of pyridine rings is 1. The number of carbonyl (C=O) groups excluding carboxylic acids is 1. The summed E-state index contributed by atoms with van der Waals surface area (Å²) in [5.41, 5.74) is 6.34. The van der Waals surface area contributed by atoms with Gasteiger partial charge in [0.2, 0.25) is 5.91 Å². The molecule has 1 aromatic heterocycles. The van der Waals surface area contributed by atoms with Gasteiger partial charge in [-0.15, -0.1) is 0 Å². The highest BCUT2D eigenvalue weighted by Gasteiger charge is 2.10. The Morgan fingerprint density at radius 1 is 1.44 bits per heavy atom. The van der Waals surface area contributed by atoms with E-state index in [2.05, 4.69) is 17.2 Å². The number of hydrogen-bond donors (Lipinski definition) is 2. The Balaban J connectivity index is 2.31. The van der Waals surface area contributed by atoms with E-state index >= 15 is 0 Å². The summed E-state index contributed by atoms with van der Waals surface area (Å²) >= 11 is 0. The molecule has 0 radical (unpaired) electrons. The molecule has 100 valence electrons. The molecule has 1 unspecified atom stereocenters. The number of amides is 1. The third-order valence-electron chi connectivity index (χ3n) is 3.00. The van der Waals surface area contributed by atoms with Crippen molar-refractivity contribution in [2.45, 2.75) is 39.0 Å². The van der Waals surface area contributed by atoms with E-state index in [1.165, 1.54) is 0 Å². The summed E-state index contributed by atoms with van der Waals surface area (Å²) in [4.78, 5) is 15.7. The van der Waals surface area contributed by atoms with Crippen LogP contribution in [0.3, 0.4) is 0 Å². The number of carbonyl (C=O) groups is 1. The highest BCUT2D eigenvalue weighted by molar-refractivity contribution is 5.90. The minimum absolute atomic E-state index is 0.0566. The first kappa shape index (κ1) is 14.6. The van der Waals surface area contributed by atoms with Crippen LogP contribution in [0.4, 0.5) is 5.69 Å². The van der Waals surface area contributed by atoms with Gasteiger partial charge < -0.3 is 11.1 Å². The highest BCUT2D eigenvalue weighted by atomic mass is 16.1. The third-order valence-corrected chi connectivity index (χ3v) is 3.00. The van der Waals surface area contributed by atoms with Gasteiger partial charge in [0.15, 0.2) is 0 Å². The van der Waals surface area contributed by atoms with E-state index in [-0.39, 0.29) is 5.91 Å². The average Bonchev–Trinajstić information content (AvgIpc) is 2.38. The van der Waals surface area contributed by atoms with Crippen LogP contribution in [-0.4, -0.2) is 17.4 Å². The molecule has 1 amide bonds. The Labute approximate surface area is 109 Å². The maximum atomic E-state index is 11.8. The maximum Gasteiger partial charge on any atom is 0.224 e. The molecule has 0 aliphatic carbocycles. The lowest BCUT2D eigenvalue weighted by Gasteiger charge is -2.14. The van der Waals surface area contributed by atoms with E-state index in [1.54, 1.807) is 12.4 Å². The molecule has 0 aliphatic rings. The summed E-state index contributed by atoms with van der Waals surface area (Å²) < 4.78 is 0. The standard InChI is InChI=1S/C14H23N3O/c1-2-4-12(8-9-15)6-7-14(18)17-13-5-3-10-16-11-13/h3,5,10-12H,2,4,6-9,15H2,1H3,(H,17,18). The average molecular weight is 249 g/mol. The van der Waals surface area contributed by atoms with Crippen molar-refractivity contribution >= 4 is 11.6 Å². The largest absolute Gasteiger partial charge is 0.330 e. The fourth-order valence-corrected chi connectivity index (χ4v) is 2.07. The summed E-state index contributed by atoms with van der Waals surface area (Å²) in [5.74, 6) is 0.626. The molecule has 1 heterocycles. The molecule has 4 nitrogen and oxygen atoms in total. The molecule has 0 aliphatic heterocycles. The van der Waals surface area contributed by atoms with Gasteiger partial charge in [0.1, 0.15) is 0 Å². The Hall–Kier alpha value is -1.42. The van der Waals surface area contributed by atoms with E-state index in [0.29, 0.717) is 18.9 Å². The summed E-state index contributed by atoms with van der Waals surface area (Å²) in [6.07, 6.45) is 8.12. The van der Waals surface area contributed by atoms with Gasteiger partial charge in [0, 0.05) is 12.6 Å². The lowest BCUT2D eigenvalue weighted by Crippen LogP contribution is -2.15. The monoisotopic (exact) mass is 249 g/mol. The molecule has 0 fully saturated rings. The lowest BCUT2D eigenvalue weighted by molar-refractivity contribution is -0.116. The van der Waals surface area contributed by atoms with Crippen LogP contribution in [0, 0.1) is 5.92 Å². The first-order valence-corrected chi connectivity index (χ1v) is 6.66. The smallest absolute Gasteiger partial charge is 0.224 e. The third kappa shape index (κ3) is 5.77. The van der Waals surface area contributed by atoms with Crippen molar-refractivity contribution in [1.82, 2.24) is 4.98 Å². The Bertz CT molecular complexity index is 334. The second-order valence-electron chi connectivity index (χ2n) is 4.56. The molecule has 1 rings (SSSR count). The van der Waals surface area contributed by atoms with Gasteiger partial charge in [0.05, 0.1) is 11.9 Å². The predicted molar refractivity (Wildman–Crippen MR) is 74.2 cm³/mol. The number of nitrogens with zero attached hydrogens (tertiary/aromatic N) is 1. The van der Waals surface area contributed by atoms with Gasteiger partial charge in [-0.05, 0) is 37.4 Å². The first-order chi connectivity index (χ1) is 8.76. The molecular formula is C14H23N3O. The maximum absolute atomic E-state index is 11.8. The number of aromatic nitrogens is 1. The van der Waals surface area contributed by atoms with Crippen molar-refractivity contribution in [2.75, 3.05) is 11.9 Å². The molecule has 0 saturated carbocycles. The van der Waals surface area contributed by atoms with Crippen molar-refractivity contribution in [3.63, 3.8) is 0 Å². The summed E-state index contributed by atoms with van der Waals surface area (Å²) in [7, 11) is 0. The van der Waals surface area contributed by atoms with Crippen LogP contribution in [0.1, 0.15) is 39.0 Å². The van der Waals surface area contributed by atoms with Crippen molar-refractivity contribution in [3.8, 4) is 0 Å². The van der Waals surface area contributed by atoms with Crippen LogP contribution >= 0.6 is 0 Å². The lowest BCUT2D eigenvalue weighted by atomic mass is 9.94. The second kappa shape index (κ2) is 8.64. The quantitative estimate of drug-likeness (QED) is 0.744. The molecular weight excluding hydrogens is 226 g/mol. The fourth-order valence-electron chi connectivity index (χ4n) is 2.07. The summed E-state index contributed by atoms with van der Waals surface area (Å²) in [6, 6.07) is 3.65. The van der Waals surface area contributed by atoms with E-state index in [4.69, 9.17) is 5.73 Å². The van der Waals surface area contributed by atoms with Crippen molar-refractivity contribution in [3.05, 3.63) is 24.5 Å². The van der Waals surface area contributed by atoms with Crippen LogP contribution in [0.15, 0.2) is 24.5 Å². The predicted octanol–water partition coefficient (Wildman–Crippen LogP) is 2.57. The Morgan fingerprint density at radius 2 is 2.28 bits per heavy atom. The van der Waals surface area contributed by atoms with Gasteiger partial charge >= 0.3 is 0 Å². The molecule has 1 atom stereocenters. The Kier molecular flexibility index (Phi) is 7.03. The minimum Gasteiger partial charge on any atom is -0.330 e. The van der Waals surface area contributed by atoms with E-state index < -0.39 is 0 Å². The SMILES string of the molecule is CCCC(CCN)CCC(=O)Nc1cccnc1. The normalized spacial score (nSPS) is 12.1. The molecule has 1 aromatic rings. The molecule has 0 aromatic carbocycles. The second-order valence-corrected chi connectivity index (χ2v) is 4.56. The van der Waals surface area contributed by atoms with Crippen molar-refractivity contribution < 1.29 is 4.79 Å². The van der Waals surface area contributed by atoms with E-state index in [9.17, 15) is 4.79 Å². The zero-order chi connectivity index (χ0) is 13.2. The van der Waals surface area contributed by atoms with Crippen LogP contribution in [0.5, 0.6) is 0 Å². The zero-order valence-corrected chi connectivity index (χ0v) is 11.1.